The van der Waals surface area contributed by atoms with Gasteiger partial charge in [0.2, 0.25) is 5.91 Å². The Balaban J connectivity index is 0.000000201. The lowest BCUT2D eigenvalue weighted by atomic mass is 10.0. The van der Waals surface area contributed by atoms with Crippen molar-refractivity contribution in [1.82, 2.24) is 29.4 Å². The molecule has 8 fully saturated rings. The Labute approximate surface area is 523 Å². The van der Waals surface area contributed by atoms with Crippen molar-refractivity contribution in [1.29, 1.82) is 0 Å². The molecule has 30 heteroatoms. The minimum Gasteiger partial charge on any atom is -0.484 e. The number of hydroxylamine groups is 2. The number of ether oxygens (including phenoxy) is 9. The fourth-order valence-corrected chi connectivity index (χ4v) is 14.5. The summed E-state index contributed by atoms with van der Waals surface area (Å²) < 4.78 is 105. The van der Waals surface area contributed by atoms with Crippen molar-refractivity contribution in [3.63, 3.8) is 0 Å². The van der Waals surface area contributed by atoms with Gasteiger partial charge in [-0.2, -0.15) is 0 Å². The number of rotatable bonds is 24. The predicted molar refractivity (Wildman–Crippen MR) is 316 cm³/mol. The molecule has 4 N–H and O–H groups in total. The van der Waals surface area contributed by atoms with Crippen LogP contribution in [0.4, 0.5) is 9.59 Å². The number of nitrogens with zero attached hydrogens (tertiary/aromatic N) is 4. The van der Waals surface area contributed by atoms with E-state index in [0.29, 0.717) is 83.7 Å². The third-order valence-electron chi connectivity index (χ3n) is 16.6. The molecule has 0 aromatic heterocycles. The highest BCUT2D eigenvalue weighted by Gasteiger charge is 2.46. The molecule has 494 valence electrons. The molecule has 8 aliphatic rings. The second-order valence-electron chi connectivity index (χ2n) is 22.6. The standard InChI is InChI=1S/C29H43N3O11S.C23H34N2O8S.C6H10BrNO2/c1-2-24(30-29(35)42-26-18-41-28-23(26)10-13-39-28)25(33)17-32(43-20-6-3-4-7-20)44(36,37)22-9-5-8-21(16-22)40-19-27(34)31-11-14-38-15-12-31;1-2-19(24-23(27)32-21-15-31-22-18(21)12-13-30-22)20(26)14-25(33-16-8-6-7-9-16)34(28,29)17-10-4-3-5-11-17;7-5-6(9)8-1-3-10-4-2-8/h5,8-9,16,20,23-26,28,33H,2-4,6-7,10-15,17-19H2,1H3,(H,30,35);3-5,10-11,16,18-22,26H,2,6-9,12-15H2,1H3,(H,24,27);1-5H2/t23-,24-,25+,26?,28+;18-,19-,20+,21?,22+;/m00./s1. The van der Waals surface area contributed by atoms with Gasteiger partial charge >= 0.3 is 12.2 Å². The first-order valence-electron chi connectivity index (χ1n) is 30.7. The maximum Gasteiger partial charge on any atom is 0.407 e. The van der Waals surface area contributed by atoms with Crippen LogP contribution < -0.4 is 15.4 Å². The van der Waals surface area contributed by atoms with Crippen molar-refractivity contribution < 1.29 is 98.5 Å². The van der Waals surface area contributed by atoms with Crippen LogP contribution in [0.5, 0.6) is 5.75 Å². The van der Waals surface area contributed by atoms with Crippen molar-refractivity contribution in [3.05, 3.63) is 54.6 Å². The zero-order valence-corrected chi connectivity index (χ0v) is 53.3. The molecule has 88 heavy (non-hydrogen) atoms. The van der Waals surface area contributed by atoms with E-state index in [9.17, 15) is 46.2 Å². The SMILES string of the molecule is CC[C@H](NC(=O)OC1CO[C@H]2OCC[C@@H]12)[C@H](O)CN(OC1CCCC1)S(=O)(=O)c1cccc(OCC(=O)N2CCOCC2)c1.CC[C@H](NC(=O)OC1CO[C@H]2OCC[C@@H]12)[C@H](O)CN(OC1CCCC1)S(=O)(=O)c1ccccc1.O=C(CBr)N1CCOCC1. The Hall–Kier alpha value is -4.38. The molecule has 2 unspecified atom stereocenters. The van der Waals surface area contributed by atoms with Gasteiger partial charge in [-0.25, -0.2) is 26.4 Å². The number of halogens is 1. The number of aliphatic hydroxyl groups excluding tert-OH is 2. The van der Waals surface area contributed by atoms with Gasteiger partial charge < -0.3 is 73.3 Å². The lowest BCUT2D eigenvalue weighted by Crippen LogP contribution is -2.50. The maximum atomic E-state index is 13.9. The largest absolute Gasteiger partial charge is 0.484 e. The lowest BCUT2D eigenvalue weighted by Gasteiger charge is -2.30. The number of alkyl carbamates (subject to hydrolysis) is 2. The fourth-order valence-electron chi connectivity index (χ4n) is 11.5. The number of alkyl halides is 1. The van der Waals surface area contributed by atoms with Crippen LogP contribution in [0.2, 0.25) is 0 Å². The van der Waals surface area contributed by atoms with Crippen molar-refractivity contribution in [2.45, 2.75) is 162 Å². The van der Waals surface area contributed by atoms with Gasteiger partial charge in [-0.15, -0.1) is 0 Å². The number of hydrogen-bond donors (Lipinski definition) is 4. The molecule has 4 amide bonds. The summed E-state index contributed by atoms with van der Waals surface area (Å²) in [6.07, 6.45) is 2.74. The molecule has 2 aliphatic carbocycles. The summed E-state index contributed by atoms with van der Waals surface area (Å²) in [7, 11) is -8.28. The average molecular weight is 1350 g/mol. The number of morpholine rings is 2. The zero-order valence-electron chi connectivity index (χ0n) is 50.1. The van der Waals surface area contributed by atoms with Crippen molar-refractivity contribution in [2.24, 2.45) is 11.8 Å². The monoisotopic (exact) mass is 1350 g/mol. The summed E-state index contributed by atoms with van der Waals surface area (Å²) in [5, 5.41) is 27.9. The second-order valence-corrected chi connectivity index (χ2v) is 26.8. The van der Waals surface area contributed by atoms with Gasteiger partial charge in [-0.05, 0) is 75.6 Å². The zero-order chi connectivity index (χ0) is 62.6. The van der Waals surface area contributed by atoms with Gasteiger partial charge in [0, 0.05) is 32.2 Å². The Morgan fingerprint density at radius 3 is 1.50 bits per heavy atom. The molecule has 6 saturated heterocycles. The van der Waals surface area contributed by atoms with Crippen LogP contribution in [-0.2, 0) is 77.2 Å². The number of benzene rings is 2. The van der Waals surface area contributed by atoms with Crippen LogP contribution >= 0.6 is 15.9 Å². The topological polar surface area (TPSA) is 316 Å². The van der Waals surface area contributed by atoms with E-state index in [1.807, 2.05) is 0 Å². The normalized spacial score (nSPS) is 25.4. The summed E-state index contributed by atoms with van der Waals surface area (Å²) in [5.74, 6) is 0.105. The fraction of sp³-hybridized carbons (Fsp3) is 0.724. The quantitative estimate of drug-likeness (QED) is 0.0857. The molecule has 27 nitrogen and oxygen atoms in total. The van der Waals surface area contributed by atoms with Gasteiger partial charge in [0.1, 0.15) is 18.0 Å². The van der Waals surface area contributed by atoms with Gasteiger partial charge in [0.25, 0.3) is 26.0 Å². The van der Waals surface area contributed by atoms with Crippen molar-refractivity contribution >= 4 is 60.0 Å². The molecule has 0 radical (unpaired) electrons. The highest BCUT2D eigenvalue weighted by molar-refractivity contribution is 9.09. The molecular weight excluding hydrogens is 1260 g/mol. The second kappa shape index (κ2) is 34.3. The Kier molecular flexibility index (Phi) is 27.1. The highest BCUT2D eigenvalue weighted by atomic mass is 79.9. The molecule has 10 rings (SSSR count). The number of aliphatic hydroxyl groups is 2. The average Bonchev–Trinajstić information content (AvgIpc) is 4.00. The minimum atomic E-state index is -4.28. The van der Waals surface area contributed by atoms with E-state index in [-0.39, 0.29) is 90.3 Å². The van der Waals surface area contributed by atoms with Gasteiger partial charge in [0.15, 0.2) is 19.2 Å². The molecule has 2 aromatic rings. The van der Waals surface area contributed by atoms with Crippen LogP contribution in [-0.4, -0.2) is 235 Å². The Bertz CT molecular complexity index is 2740. The van der Waals surface area contributed by atoms with Crippen molar-refractivity contribution in [2.75, 3.05) is 104 Å². The van der Waals surface area contributed by atoms with E-state index >= 15 is 0 Å². The summed E-state index contributed by atoms with van der Waals surface area (Å²) in [5.41, 5.74) is 0. The van der Waals surface area contributed by atoms with E-state index < -0.39 is 75.3 Å². The van der Waals surface area contributed by atoms with E-state index in [0.717, 1.165) is 73.4 Å². The first-order chi connectivity index (χ1) is 42.5. The third kappa shape index (κ3) is 19.6. The summed E-state index contributed by atoms with van der Waals surface area (Å²) >= 11 is 3.12. The van der Waals surface area contributed by atoms with Crippen LogP contribution in [0.15, 0.2) is 64.4 Å². The first kappa shape index (κ1) is 69.5. The first-order valence-corrected chi connectivity index (χ1v) is 34.7. The van der Waals surface area contributed by atoms with Crippen LogP contribution in [0, 0.1) is 11.8 Å². The third-order valence-corrected chi connectivity index (χ3v) is 20.3. The summed E-state index contributed by atoms with van der Waals surface area (Å²) in [6.45, 7) is 8.89. The number of hydrogen-bond acceptors (Lipinski definition) is 21. The van der Waals surface area contributed by atoms with E-state index in [4.69, 9.17) is 52.3 Å². The number of carbonyl (C=O) groups is 4. The molecule has 10 atom stereocenters. The van der Waals surface area contributed by atoms with E-state index in [1.165, 1.54) is 30.3 Å². The molecule has 2 saturated carbocycles. The number of nitrogens with one attached hydrogen (secondary N) is 2. The Morgan fingerprint density at radius 2 is 1.05 bits per heavy atom. The molecular formula is C58H87BrN6O21S2. The highest BCUT2D eigenvalue weighted by Crippen LogP contribution is 2.35. The van der Waals surface area contributed by atoms with E-state index in [2.05, 4.69) is 26.6 Å². The number of sulfonamides is 2. The lowest BCUT2D eigenvalue weighted by molar-refractivity contribution is -0.145. The van der Waals surface area contributed by atoms with E-state index in [1.54, 1.807) is 47.9 Å². The minimum absolute atomic E-state index is 0.00192. The van der Waals surface area contributed by atoms with Crippen molar-refractivity contribution in [3.8, 4) is 5.75 Å². The number of amides is 4. The summed E-state index contributed by atoms with van der Waals surface area (Å²) in [6, 6.07) is 12.3. The van der Waals surface area contributed by atoms with Crippen LogP contribution in [0.1, 0.15) is 90.9 Å². The molecule has 6 heterocycles. The van der Waals surface area contributed by atoms with Gasteiger partial charge in [-0.3, -0.25) is 19.3 Å². The predicted octanol–water partition coefficient (Wildman–Crippen LogP) is 3.83. The smallest absolute Gasteiger partial charge is 0.407 e. The van der Waals surface area contributed by atoms with Gasteiger partial charge in [-0.1, -0.05) is 88.7 Å². The molecule has 0 spiro atoms. The van der Waals surface area contributed by atoms with Gasteiger partial charge in [0.05, 0.1) is 129 Å². The Morgan fingerprint density at radius 1 is 0.602 bits per heavy atom. The van der Waals surface area contributed by atoms with Crippen LogP contribution in [0.3, 0.4) is 0 Å². The number of carbonyl (C=O) groups excluding carboxylic acids is 4. The molecule has 2 aromatic carbocycles. The number of fused-ring (bicyclic) bond motifs is 2. The molecule has 6 aliphatic heterocycles. The molecule has 0 bridgehead atoms. The summed E-state index contributed by atoms with van der Waals surface area (Å²) in [4.78, 5) is 64.0. The maximum absolute atomic E-state index is 13.9. The van der Waals surface area contributed by atoms with Crippen LogP contribution in [0.25, 0.3) is 0 Å².